The highest BCUT2D eigenvalue weighted by Crippen LogP contribution is 2.24. The Hall–Kier alpha value is -4.86. The average molecular weight is 554 g/mol. The Kier molecular flexibility index (Phi) is 7.65. The van der Waals surface area contributed by atoms with E-state index < -0.39 is 17.8 Å². The number of amides is 2. The Morgan fingerprint density at radius 2 is 1.73 bits per heavy atom. The van der Waals surface area contributed by atoms with Gasteiger partial charge >= 0.3 is 12.2 Å². The van der Waals surface area contributed by atoms with E-state index in [1.807, 2.05) is 48.5 Å². The number of rotatable bonds is 6. The van der Waals surface area contributed by atoms with Gasteiger partial charge in [0.25, 0.3) is 0 Å². The van der Waals surface area contributed by atoms with E-state index in [0.29, 0.717) is 29.0 Å². The minimum atomic E-state index is -0.614. The molecule has 0 atom stereocenters. The summed E-state index contributed by atoms with van der Waals surface area (Å²) in [5.41, 5.74) is 3.09. The Morgan fingerprint density at radius 1 is 0.951 bits per heavy atom. The Morgan fingerprint density at radius 3 is 2.49 bits per heavy atom. The summed E-state index contributed by atoms with van der Waals surface area (Å²) >= 11 is 0. The molecule has 0 saturated heterocycles. The van der Waals surface area contributed by atoms with Crippen LogP contribution in [0.3, 0.4) is 0 Å². The summed E-state index contributed by atoms with van der Waals surface area (Å²) in [6, 6.07) is 18.5. The molecular formula is C31H31N5O5. The lowest BCUT2D eigenvalue weighted by Crippen LogP contribution is -2.34. The number of benzene rings is 2. The second-order valence-corrected chi connectivity index (χ2v) is 10.9. The van der Waals surface area contributed by atoms with Crippen LogP contribution in [0.15, 0.2) is 66.9 Å². The first-order chi connectivity index (χ1) is 19.6. The van der Waals surface area contributed by atoms with E-state index in [1.165, 1.54) is 9.80 Å². The van der Waals surface area contributed by atoms with Gasteiger partial charge in [-0.25, -0.2) is 19.6 Å². The highest BCUT2D eigenvalue weighted by atomic mass is 16.6. The maximum absolute atomic E-state index is 13.6. The Bertz CT molecular complexity index is 1620. The first-order valence-electron chi connectivity index (χ1n) is 13.3. The number of ketones is 1. The van der Waals surface area contributed by atoms with Crippen LogP contribution in [0.25, 0.3) is 10.9 Å². The van der Waals surface area contributed by atoms with Gasteiger partial charge in [-0.1, -0.05) is 48.5 Å². The van der Waals surface area contributed by atoms with Crippen LogP contribution in [-0.4, -0.2) is 55.4 Å². The van der Waals surface area contributed by atoms with Gasteiger partial charge in [-0.05, 0) is 38.5 Å². The van der Waals surface area contributed by atoms with E-state index in [9.17, 15) is 14.4 Å². The number of aromatic nitrogens is 3. The normalized spacial score (nSPS) is 12.6. The smallest absolute Gasteiger partial charge is 0.410 e. The van der Waals surface area contributed by atoms with Gasteiger partial charge in [0.05, 0.1) is 42.1 Å². The number of hydrogen-bond donors (Lipinski definition) is 0. The second-order valence-electron chi connectivity index (χ2n) is 10.9. The predicted octanol–water partition coefficient (Wildman–Crippen LogP) is 5.28. The van der Waals surface area contributed by atoms with Gasteiger partial charge in [-0.3, -0.25) is 14.7 Å². The summed E-state index contributed by atoms with van der Waals surface area (Å²) in [5, 5.41) is 0.771. The molecule has 0 unspecified atom stereocenters. The lowest BCUT2D eigenvalue weighted by Gasteiger charge is -2.24. The van der Waals surface area contributed by atoms with E-state index >= 15 is 0 Å². The van der Waals surface area contributed by atoms with E-state index in [2.05, 4.69) is 9.97 Å². The lowest BCUT2D eigenvalue weighted by molar-refractivity contribution is 0.0283. The monoisotopic (exact) mass is 553 g/mol. The van der Waals surface area contributed by atoms with E-state index in [-0.39, 0.29) is 31.3 Å². The topological polar surface area (TPSA) is 115 Å². The molecular weight excluding hydrogens is 522 g/mol. The van der Waals surface area contributed by atoms with Gasteiger partial charge in [-0.15, -0.1) is 0 Å². The summed E-state index contributed by atoms with van der Waals surface area (Å²) < 4.78 is 10.9. The number of ether oxygens (including phenoxy) is 2. The van der Waals surface area contributed by atoms with Gasteiger partial charge in [0.15, 0.2) is 0 Å². The summed E-state index contributed by atoms with van der Waals surface area (Å²) in [6.07, 6.45) is 0.662. The first kappa shape index (κ1) is 27.7. The fraction of sp³-hybridized carbons (Fsp3) is 0.290. The van der Waals surface area contributed by atoms with Crippen molar-refractivity contribution in [2.24, 2.45) is 0 Å². The van der Waals surface area contributed by atoms with Crippen LogP contribution in [0.2, 0.25) is 0 Å². The summed E-state index contributed by atoms with van der Waals surface area (Å²) in [4.78, 5) is 55.1. The number of pyridine rings is 1. The Balaban J connectivity index is 1.31. The van der Waals surface area contributed by atoms with Crippen LogP contribution in [0.1, 0.15) is 59.5 Å². The molecule has 10 heteroatoms. The van der Waals surface area contributed by atoms with Gasteiger partial charge in [0.2, 0.25) is 11.6 Å². The number of fused-ring (bicyclic) bond motifs is 2. The van der Waals surface area contributed by atoms with Crippen molar-refractivity contribution in [1.29, 1.82) is 0 Å². The minimum absolute atomic E-state index is 0.0221. The predicted molar refractivity (Wildman–Crippen MR) is 151 cm³/mol. The maximum atomic E-state index is 13.6. The Labute approximate surface area is 237 Å². The number of carbonyl (C=O) groups is 3. The zero-order valence-electron chi connectivity index (χ0n) is 23.5. The maximum Gasteiger partial charge on any atom is 0.410 e. The fourth-order valence-corrected chi connectivity index (χ4v) is 4.43. The number of para-hydroxylation sites is 1. The minimum Gasteiger partial charge on any atom is -0.445 e. The van der Waals surface area contributed by atoms with Crippen molar-refractivity contribution in [3.05, 3.63) is 101 Å². The highest BCUT2D eigenvalue weighted by Gasteiger charge is 2.28. The van der Waals surface area contributed by atoms with Crippen LogP contribution >= 0.6 is 0 Å². The molecule has 0 fully saturated rings. The molecule has 4 aromatic rings. The zero-order valence-corrected chi connectivity index (χ0v) is 23.5. The van der Waals surface area contributed by atoms with Crippen LogP contribution in [-0.2, 0) is 35.7 Å². The van der Waals surface area contributed by atoms with E-state index in [1.54, 1.807) is 46.1 Å². The number of hydrogen-bond acceptors (Lipinski definition) is 8. The molecule has 0 N–H and O–H groups in total. The average Bonchev–Trinajstić information content (AvgIpc) is 3.38. The van der Waals surface area contributed by atoms with Gasteiger partial charge in [0.1, 0.15) is 12.2 Å². The van der Waals surface area contributed by atoms with Crippen LogP contribution in [0.5, 0.6) is 0 Å². The lowest BCUT2D eigenvalue weighted by atomic mass is 10.0. The molecule has 2 amide bonds. The van der Waals surface area contributed by atoms with Crippen LogP contribution < -0.4 is 0 Å². The molecule has 0 saturated carbocycles. The quantitative estimate of drug-likeness (QED) is 0.297. The van der Waals surface area contributed by atoms with Gasteiger partial charge in [-0.2, -0.15) is 0 Å². The molecule has 2 aromatic heterocycles. The highest BCUT2D eigenvalue weighted by molar-refractivity contribution is 6.13. The molecule has 0 bridgehead atoms. The molecule has 2 aromatic carbocycles. The molecule has 3 heterocycles. The standard InChI is InChI=1S/C31H31N5O5/c1-31(2,3)41-29(38)35(4)17-23-14-13-21-11-8-12-24(26(21)33-23)27(37)28-32-15-22-16-36(18-25(22)34-28)30(39)40-19-20-9-6-5-7-10-20/h5-15H,16-19H2,1-4H3. The van der Waals surface area contributed by atoms with E-state index in [4.69, 9.17) is 14.5 Å². The molecule has 0 spiro atoms. The molecule has 210 valence electrons. The van der Waals surface area contributed by atoms with Crippen molar-refractivity contribution < 1.29 is 23.9 Å². The number of carbonyl (C=O) groups excluding carboxylic acids is 3. The van der Waals surface area contributed by atoms with Gasteiger partial charge in [0, 0.05) is 24.2 Å². The van der Waals surface area contributed by atoms with Crippen molar-refractivity contribution in [3.63, 3.8) is 0 Å². The van der Waals surface area contributed by atoms with Crippen LogP contribution in [0.4, 0.5) is 9.59 Å². The molecule has 5 rings (SSSR count). The molecule has 10 nitrogen and oxygen atoms in total. The first-order valence-corrected chi connectivity index (χ1v) is 13.3. The second kappa shape index (κ2) is 11.3. The van der Waals surface area contributed by atoms with E-state index in [0.717, 1.165) is 16.5 Å². The third kappa shape index (κ3) is 6.49. The summed E-state index contributed by atoms with van der Waals surface area (Å²) in [6.45, 7) is 6.33. The van der Waals surface area contributed by atoms with Crippen LogP contribution in [0, 0.1) is 0 Å². The SMILES string of the molecule is CN(Cc1ccc2cccc(C(=O)c3ncc4c(n3)CN(C(=O)OCc3ccccc3)C4)c2n1)C(=O)OC(C)(C)C. The van der Waals surface area contributed by atoms with Gasteiger partial charge < -0.3 is 14.4 Å². The third-order valence-electron chi connectivity index (χ3n) is 6.45. The van der Waals surface area contributed by atoms with Crippen molar-refractivity contribution in [1.82, 2.24) is 24.8 Å². The summed E-state index contributed by atoms with van der Waals surface area (Å²) in [7, 11) is 1.64. The van der Waals surface area contributed by atoms with Crippen molar-refractivity contribution in [3.8, 4) is 0 Å². The van der Waals surface area contributed by atoms with Crippen molar-refractivity contribution in [2.45, 2.75) is 52.6 Å². The molecule has 1 aliphatic heterocycles. The molecule has 0 radical (unpaired) electrons. The summed E-state index contributed by atoms with van der Waals surface area (Å²) in [5.74, 6) is -0.359. The largest absolute Gasteiger partial charge is 0.445 e. The van der Waals surface area contributed by atoms with Crippen molar-refractivity contribution in [2.75, 3.05) is 7.05 Å². The molecule has 41 heavy (non-hydrogen) atoms. The van der Waals surface area contributed by atoms with Crippen molar-refractivity contribution >= 4 is 28.9 Å². The number of nitrogens with zero attached hydrogens (tertiary/aromatic N) is 5. The fourth-order valence-electron chi connectivity index (χ4n) is 4.43. The third-order valence-corrected chi connectivity index (χ3v) is 6.45. The molecule has 0 aliphatic carbocycles. The zero-order chi connectivity index (χ0) is 29.1. The molecule has 1 aliphatic rings.